The average molecular weight is 636 g/mol. The number of hydrogen-bond donors (Lipinski definition) is 3. The smallest absolute Gasteiger partial charge is 0.273 e. The molecule has 45 heavy (non-hydrogen) atoms. The Labute approximate surface area is 267 Å². The maximum absolute atomic E-state index is 13.4. The number of hydrogen-bond acceptors (Lipinski definition) is 9. The van der Waals surface area contributed by atoms with E-state index in [1.165, 1.54) is 22.5 Å². The van der Waals surface area contributed by atoms with Gasteiger partial charge in [-0.25, -0.2) is 9.97 Å². The third-order valence-corrected chi connectivity index (χ3v) is 9.16. The quantitative estimate of drug-likeness (QED) is 0.388. The molecule has 13 heteroatoms. The maximum Gasteiger partial charge on any atom is 0.273 e. The van der Waals surface area contributed by atoms with E-state index in [1.807, 2.05) is 44.2 Å². The number of nitrogens with one attached hydrogen (secondary N) is 3. The van der Waals surface area contributed by atoms with E-state index in [4.69, 9.17) is 4.42 Å². The number of likely N-dealkylation sites (tertiary alicyclic amines) is 1. The van der Waals surface area contributed by atoms with Crippen molar-refractivity contribution in [3.05, 3.63) is 69.8 Å². The minimum atomic E-state index is -0.669. The van der Waals surface area contributed by atoms with Gasteiger partial charge >= 0.3 is 0 Å². The average Bonchev–Trinajstić information content (AvgIpc) is 3.71. The zero-order chi connectivity index (χ0) is 31.9. The largest absolute Gasteiger partial charge is 0.446 e. The zero-order valence-corrected chi connectivity index (χ0v) is 26.8. The number of oxazole rings is 1. The van der Waals surface area contributed by atoms with Crippen LogP contribution in [0, 0.1) is 11.8 Å². The molecule has 3 aromatic rings. The summed E-state index contributed by atoms with van der Waals surface area (Å²) < 4.78 is 5.71. The first-order chi connectivity index (χ1) is 21.7. The Morgan fingerprint density at radius 3 is 2.51 bits per heavy atom. The number of aromatic nitrogens is 2. The molecule has 0 radical (unpaired) electrons. The molecule has 3 N–H and O–H groups in total. The molecule has 12 nitrogen and oxygen atoms in total. The van der Waals surface area contributed by atoms with Gasteiger partial charge < -0.3 is 25.3 Å². The highest BCUT2D eigenvalue weighted by Gasteiger charge is 2.29. The lowest BCUT2D eigenvalue weighted by molar-refractivity contribution is -0.137. The molecule has 240 valence electrons. The molecule has 2 aliphatic rings. The molecule has 4 bridgehead atoms. The predicted molar refractivity (Wildman–Crippen MR) is 168 cm³/mol. The van der Waals surface area contributed by atoms with E-state index in [0.29, 0.717) is 17.3 Å². The van der Waals surface area contributed by atoms with Gasteiger partial charge in [-0.05, 0) is 43.3 Å². The van der Waals surface area contributed by atoms with Gasteiger partial charge in [-0.1, -0.05) is 51.1 Å². The molecule has 0 aliphatic carbocycles. The number of thiazole rings is 1. The fourth-order valence-corrected chi connectivity index (χ4v) is 6.49. The van der Waals surface area contributed by atoms with Gasteiger partial charge in [0.2, 0.25) is 17.7 Å². The van der Waals surface area contributed by atoms with Crippen molar-refractivity contribution < 1.29 is 23.6 Å². The van der Waals surface area contributed by atoms with Crippen LogP contribution in [0.15, 0.2) is 46.4 Å². The number of rotatable bonds is 5. The van der Waals surface area contributed by atoms with Crippen molar-refractivity contribution in [1.82, 2.24) is 35.7 Å². The molecular weight excluding hydrogens is 594 g/mol. The molecular formula is C32H41N7O5S. The van der Waals surface area contributed by atoms with Gasteiger partial charge in [-0.3, -0.25) is 24.1 Å². The van der Waals surface area contributed by atoms with E-state index in [9.17, 15) is 19.2 Å². The second kappa shape index (κ2) is 14.8. The van der Waals surface area contributed by atoms with Gasteiger partial charge in [0.1, 0.15) is 23.0 Å². The summed E-state index contributed by atoms with van der Waals surface area (Å²) >= 11 is 1.29. The Morgan fingerprint density at radius 2 is 1.78 bits per heavy atom. The Kier molecular flexibility index (Phi) is 10.6. The minimum absolute atomic E-state index is 0.0306. The second-order valence-electron chi connectivity index (χ2n) is 12.2. The van der Waals surface area contributed by atoms with E-state index in [-0.39, 0.29) is 61.2 Å². The summed E-state index contributed by atoms with van der Waals surface area (Å²) in [6.07, 6.45) is 3.69. The van der Waals surface area contributed by atoms with E-state index < -0.39 is 23.9 Å². The number of carbonyl (C=O) groups excluding carboxylic acids is 4. The summed E-state index contributed by atoms with van der Waals surface area (Å²) in [4.78, 5) is 65.8. The van der Waals surface area contributed by atoms with Crippen LogP contribution in [0.4, 0.5) is 0 Å². The van der Waals surface area contributed by atoms with Crippen molar-refractivity contribution in [3.8, 4) is 0 Å². The van der Waals surface area contributed by atoms with Crippen molar-refractivity contribution in [1.29, 1.82) is 0 Å². The van der Waals surface area contributed by atoms with E-state index in [1.54, 1.807) is 5.38 Å². The highest BCUT2D eigenvalue weighted by Crippen LogP contribution is 2.26. The second-order valence-corrected chi connectivity index (χ2v) is 13.1. The molecule has 1 aromatic carbocycles. The van der Waals surface area contributed by atoms with Crippen LogP contribution in [-0.4, -0.2) is 82.7 Å². The standard InChI is InChI=1S/C32H41N7O5S/c1-20(2)28-32-36-25(19-45-32)30(43)34-23(15-22-7-5-4-6-8-22)31-35-24(18-44-31)29(42)33-11-14-39(16-26(40)37-28)27(41)17-38-12-9-21(3)10-13-38/h4-8,18-21,23,28H,9-17H2,1-3H3,(H,33,42)(H,34,43)(H,37,40)/t23-,28-/m0/s1. The number of benzene rings is 1. The topological polar surface area (TPSA) is 150 Å². The molecule has 0 saturated carbocycles. The van der Waals surface area contributed by atoms with Crippen LogP contribution in [0.5, 0.6) is 0 Å². The summed E-state index contributed by atoms with van der Waals surface area (Å²) in [5.74, 6) is -0.642. The molecule has 5 rings (SSSR count). The Hall–Kier alpha value is -4.10. The molecule has 1 fully saturated rings. The number of piperidine rings is 1. The van der Waals surface area contributed by atoms with Gasteiger partial charge in [0, 0.05) is 24.9 Å². The highest BCUT2D eigenvalue weighted by atomic mass is 32.1. The van der Waals surface area contributed by atoms with Crippen molar-refractivity contribution in [3.63, 3.8) is 0 Å². The van der Waals surface area contributed by atoms with Crippen molar-refractivity contribution in [2.75, 3.05) is 39.3 Å². The SMILES string of the molecule is CC1CCN(CC(=O)N2CCNC(=O)c3coc(n3)[C@H](Cc3ccccc3)NC(=O)c3csc(n3)[C@H](C(C)C)NC(=O)C2)CC1. The van der Waals surface area contributed by atoms with Gasteiger partial charge in [0.15, 0.2) is 5.69 Å². The molecule has 2 aliphatic heterocycles. The molecule has 0 unspecified atom stereocenters. The maximum atomic E-state index is 13.4. The van der Waals surface area contributed by atoms with E-state index in [2.05, 4.69) is 37.7 Å². The molecule has 1 saturated heterocycles. The van der Waals surface area contributed by atoms with Crippen LogP contribution in [-0.2, 0) is 16.0 Å². The van der Waals surface area contributed by atoms with Gasteiger partial charge in [-0.15, -0.1) is 11.3 Å². The lowest BCUT2D eigenvalue weighted by atomic mass is 9.99. The van der Waals surface area contributed by atoms with Crippen molar-refractivity contribution >= 4 is 35.0 Å². The first-order valence-electron chi connectivity index (χ1n) is 15.5. The Bertz CT molecular complexity index is 1480. The number of amides is 4. The molecule has 2 aromatic heterocycles. The Balaban J connectivity index is 1.41. The van der Waals surface area contributed by atoms with Gasteiger partial charge in [0.05, 0.1) is 19.1 Å². The van der Waals surface area contributed by atoms with E-state index >= 15 is 0 Å². The number of carbonyl (C=O) groups is 4. The first-order valence-corrected chi connectivity index (χ1v) is 16.4. The Morgan fingerprint density at radius 1 is 1.02 bits per heavy atom. The lowest BCUT2D eigenvalue weighted by Gasteiger charge is -2.32. The fraction of sp³-hybridized carbons (Fsp3) is 0.500. The van der Waals surface area contributed by atoms with Crippen molar-refractivity contribution in [2.45, 2.75) is 52.1 Å². The normalized spacial score (nSPS) is 21.1. The van der Waals surface area contributed by atoms with Crippen LogP contribution in [0.2, 0.25) is 0 Å². The summed E-state index contributed by atoms with van der Waals surface area (Å²) in [7, 11) is 0. The van der Waals surface area contributed by atoms with E-state index in [0.717, 1.165) is 31.5 Å². The first kappa shape index (κ1) is 32.3. The summed E-state index contributed by atoms with van der Waals surface area (Å²) in [6, 6.07) is 8.45. The summed E-state index contributed by atoms with van der Waals surface area (Å²) in [6.45, 7) is 8.10. The monoisotopic (exact) mass is 635 g/mol. The van der Waals surface area contributed by atoms with Crippen LogP contribution in [0.25, 0.3) is 0 Å². The molecule has 4 heterocycles. The third-order valence-electron chi connectivity index (χ3n) is 8.23. The van der Waals surface area contributed by atoms with Gasteiger partial charge in [0.25, 0.3) is 11.8 Å². The lowest BCUT2D eigenvalue weighted by Crippen LogP contribution is -2.49. The molecule has 0 spiro atoms. The summed E-state index contributed by atoms with van der Waals surface area (Å²) in [5.41, 5.74) is 1.19. The summed E-state index contributed by atoms with van der Waals surface area (Å²) in [5, 5.41) is 11.0. The third kappa shape index (κ3) is 8.54. The van der Waals surface area contributed by atoms with Crippen LogP contribution < -0.4 is 16.0 Å². The van der Waals surface area contributed by atoms with Crippen LogP contribution in [0.1, 0.15) is 83.1 Å². The zero-order valence-electron chi connectivity index (χ0n) is 26.0. The van der Waals surface area contributed by atoms with Gasteiger partial charge in [-0.2, -0.15) is 0 Å². The number of fused-ring (bicyclic) bond motifs is 4. The number of nitrogens with zero attached hydrogens (tertiary/aromatic N) is 4. The predicted octanol–water partition coefficient (Wildman–Crippen LogP) is 2.96. The van der Waals surface area contributed by atoms with Crippen LogP contribution in [0.3, 0.4) is 0 Å². The fourth-order valence-electron chi connectivity index (χ4n) is 5.47. The molecule has 2 atom stereocenters. The van der Waals surface area contributed by atoms with Crippen LogP contribution >= 0.6 is 11.3 Å². The minimum Gasteiger partial charge on any atom is -0.446 e. The molecule has 4 amide bonds. The van der Waals surface area contributed by atoms with Crippen molar-refractivity contribution in [2.24, 2.45) is 11.8 Å². The highest BCUT2D eigenvalue weighted by molar-refractivity contribution is 7.09.